The molecule has 0 bridgehead atoms. The number of rotatable bonds is 6. The standard InChI is InChI=1S/C8H16O2/c1-8(2)10-7-5-3-4-6-9/h6,8H,3-5,7H2,1-2H3. The summed E-state index contributed by atoms with van der Waals surface area (Å²) in [5.74, 6) is 0. The Labute approximate surface area is 62.6 Å². The maximum atomic E-state index is 9.86. The molecule has 0 aromatic carbocycles. The van der Waals surface area contributed by atoms with E-state index in [-0.39, 0.29) is 0 Å². The molecule has 10 heavy (non-hydrogen) atoms. The Balaban J connectivity index is 2.83. The molecule has 0 radical (unpaired) electrons. The second kappa shape index (κ2) is 6.75. The summed E-state index contributed by atoms with van der Waals surface area (Å²) < 4.78 is 5.27. The second-order valence-electron chi connectivity index (χ2n) is 2.58. The summed E-state index contributed by atoms with van der Waals surface area (Å²) in [6, 6.07) is 0. The number of unbranched alkanes of at least 4 members (excludes halogenated alkanes) is 2. The van der Waals surface area contributed by atoms with E-state index in [4.69, 9.17) is 4.74 Å². The van der Waals surface area contributed by atoms with E-state index in [1.54, 1.807) is 0 Å². The predicted molar refractivity (Wildman–Crippen MR) is 41.0 cm³/mol. The molecular formula is C8H16O2. The molecule has 60 valence electrons. The Morgan fingerprint density at radius 2 is 2.10 bits per heavy atom. The van der Waals surface area contributed by atoms with Gasteiger partial charge >= 0.3 is 0 Å². The lowest BCUT2D eigenvalue weighted by Gasteiger charge is -2.05. The molecule has 0 rings (SSSR count). The van der Waals surface area contributed by atoms with Crippen LogP contribution in [0.3, 0.4) is 0 Å². The molecule has 0 spiro atoms. The van der Waals surface area contributed by atoms with Crippen LogP contribution in [0.5, 0.6) is 0 Å². The van der Waals surface area contributed by atoms with Crippen LogP contribution in [-0.4, -0.2) is 19.0 Å². The van der Waals surface area contributed by atoms with Crippen LogP contribution in [0.15, 0.2) is 0 Å². The maximum Gasteiger partial charge on any atom is 0.119 e. The van der Waals surface area contributed by atoms with Gasteiger partial charge in [-0.05, 0) is 26.7 Å². The molecule has 0 saturated carbocycles. The number of aldehydes is 1. The van der Waals surface area contributed by atoms with Gasteiger partial charge in [0.2, 0.25) is 0 Å². The first-order valence-corrected chi connectivity index (χ1v) is 3.82. The summed E-state index contributed by atoms with van der Waals surface area (Å²) in [6.45, 7) is 4.81. The highest BCUT2D eigenvalue weighted by Crippen LogP contribution is 1.95. The summed E-state index contributed by atoms with van der Waals surface area (Å²) in [4.78, 5) is 9.86. The van der Waals surface area contributed by atoms with Crippen molar-refractivity contribution >= 4 is 6.29 Å². The van der Waals surface area contributed by atoms with E-state index in [0.717, 1.165) is 25.7 Å². The first-order chi connectivity index (χ1) is 4.77. The highest BCUT2D eigenvalue weighted by Gasteiger charge is 1.91. The Morgan fingerprint density at radius 3 is 2.60 bits per heavy atom. The molecule has 0 amide bonds. The van der Waals surface area contributed by atoms with Crippen molar-refractivity contribution in [2.45, 2.75) is 39.2 Å². The molecule has 0 aliphatic rings. The lowest BCUT2D eigenvalue weighted by Crippen LogP contribution is -2.03. The minimum absolute atomic E-state index is 0.316. The zero-order chi connectivity index (χ0) is 7.82. The van der Waals surface area contributed by atoms with Gasteiger partial charge in [-0.25, -0.2) is 0 Å². The van der Waals surface area contributed by atoms with Gasteiger partial charge in [-0.15, -0.1) is 0 Å². The zero-order valence-corrected chi connectivity index (χ0v) is 6.80. The molecule has 0 unspecified atom stereocenters. The van der Waals surface area contributed by atoms with Crippen LogP contribution >= 0.6 is 0 Å². The summed E-state index contributed by atoms with van der Waals surface area (Å²) in [7, 11) is 0. The lowest BCUT2D eigenvalue weighted by atomic mass is 10.2. The molecule has 2 nitrogen and oxygen atoms in total. The summed E-state index contributed by atoms with van der Waals surface area (Å²) in [5.41, 5.74) is 0. The van der Waals surface area contributed by atoms with Gasteiger partial charge in [0.25, 0.3) is 0 Å². The molecule has 0 fully saturated rings. The second-order valence-corrected chi connectivity index (χ2v) is 2.58. The fourth-order valence-electron chi connectivity index (χ4n) is 0.649. The molecular weight excluding hydrogens is 128 g/mol. The maximum absolute atomic E-state index is 9.86. The smallest absolute Gasteiger partial charge is 0.119 e. The van der Waals surface area contributed by atoms with Gasteiger partial charge in [0.1, 0.15) is 6.29 Å². The van der Waals surface area contributed by atoms with Crippen molar-refractivity contribution in [3.8, 4) is 0 Å². The van der Waals surface area contributed by atoms with Crippen LogP contribution in [0.1, 0.15) is 33.1 Å². The molecule has 0 N–H and O–H groups in total. The van der Waals surface area contributed by atoms with Crippen molar-refractivity contribution in [1.82, 2.24) is 0 Å². The predicted octanol–water partition coefficient (Wildman–Crippen LogP) is 1.78. The van der Waals surface area contributed by atoms with E-state index >= 15 is 0 Å². The molecule has 0 aromatic rings. The zero-order valence-electron chi connectivity index (χ0n) is 6.80. The van der Waals surface area contributed by atoms with Gasteiger partial charge in [0, 0.05) is 13.0 Å². The third-order valence-corrected chi connectivity index (χ3v) is 1.17. The number of carbonyl (C=O) groups is 1. The summed E-state index contributed by atoms with van der Waals surface area (Å²) in [6.07, 6.45) is 3.89. The van der Waals surface area contributed by atoms with Crippen LogP contribution in [0, 0.1) is 0 Å². The van der Waals surface area contributed by atoms with Crippen LogP contribution in [0.4, 0.5) is 0 Å². The van der Waals surface area contributed by atoms with Crippen molar-refractivity contribution in [1.29, 1.82) is 0 Å². The van der Waals surface area contributed by atoms with E-state index in [0.29, 0.717) is 12.5 Å². The fraction of sp³-hybridized carbons (Fsp3) is 0.875. The Kier molecular flexibility index (Phi) is 6.50. The van der Waals surface area contributed by atoms with Crippen LogP contribution in [0.25, 0.3) is 0 Å². The largest absolute Gasteiger partial charge is 0.379 e. The molecule has 0 saturated heterocycles. The van der Waals surface area contributed by atoms with Crippen molar-refractivity contribution < 1.29 is 9.53 Å². The van der Waals surface area contributed by atoms with Crippen LogP contribution in [0.2, 0.25) is 0 Å². The number of hydrogen-bond acceptors (Lipinski definition) is 2. The molecule has 0 aliphatic heterocycles. The number of ether oxygens (including phenoxy) is 1. The molecule has 0 atom stereocenters. The third-order valence-electron chi connectivity index (χ3n) is 1.17. The lowest BCUT2D eigenvalue weighted by molar-refractivity contribution is -0.108. The fourth-order valence-corrected chi connectivity index (χ4v) is 0.649. The van der Waals surface area contributed by atoms with E-state index in [1.165, 1.54) is 0 Å². The van der Waals surface area contributed by atoms with E-state index in [2.05, 4.69) is 0 Å². The van der Waals surface area contributed by atoms with Crippen molar-refractivity contribution in [3.63, 3.8) is 0 Å². The number of carbonyl (C=O) groups excluding carboxylic acids is 1. The highest BCUT2D eigenvalue weighted by atomic mass is 16.5. The topological polar surface area (TPSA) is 26.3 Å². The Hall–Kier alpha value is -0.370. The average Bonchev–Trinajstić information content (AvgIpc) is 1.87. The summed E-state index contributed by atoms with van der Waals surface area (Å²) in [5, 5.41) is 0. The minimum atomic E-state index is 0.316. The Morgan fingerprint density at radius 1 is 1.40 bits per heavy atom. The highest BCUT2D eigenvalue weighted by molar-refractivity contribution is 5.48. The first-order valence-electron chi connectivity index (χ1n) is 3.82. The van der Waals surface area contributed by atoms with Gasteiger partial charge < -0.3 is 9.53 Å². The van der Waals surface area contributed by atoms with E-state index in [9.17, 15) is 4.79 Å². The van der Waals surface area contributed by atoms with Crippen LogP contribution < -0.4 is 0 Å². The first kappa shape index (κ1) is 9.63. The van der Waals surface area contributed by atoms with Crippen molar-refractivity contribution in [2.75, 3.05) is 6.61 Å². The molecule has 0 aromatic heterocycles. The number of hydrogen-bond donors (Lipinski definition) is 0. The SMILES string of the molecule is CC(C)OCCCCC=O. The molecule has 0 heterocycles. The molecule has 2 heteroatoms. The third kappa shape index (κ3) is 7.63. The quantitative estimate of drug-likeness (QED) is 0.419. The monoisotopic (exact) mass is 144 g/mol. The van der Waals surface area contributed by atoms with Gasteiger partial charge in [-0.3, -0.25) is 0 Å². The molecule has 0 aliphatic carbocycles. The van der Waals surface area contributed by atoms with Gasteiger partial charge in [0.05, 0.1) is 6.10 Å². The normalized spacial score (nSPS) is 10.3. The van der Waals surface area contributed by atoms with E-state index < -0.39 is 0 Å². The Bertz CT molecular complexity index is 79.3. The summed E-state index contributed by atoms with van der Waals surface area (Å²) >= 11 is 0. The van der Waals surface area contributed by atoms with Crippen molar-refractivity contribution in [2.24, 2.45) is 0 Å². The van der Waals surface area contributed by atoms with Crippen LogP contribution in [-0.2, 0) is 9.53 Å². The van der Waals surface area contributed by atoms with Gasteiger partial charge in [-0.1, -0.05) is 0 Å². The average molecular weight is 144 g/mol. The van der Waals surface area contributed by atoms with Gasteiger partial charge in [0.15, 0.2) is 0 Å². The van der Waals surface area contributed by atoms with E-state index in [1.807, 2.05) is 13.8 Å². The minimum Gasteiger partial charge on any atom is -0.379 e. The van der Waals surface area contributed by atoms with Gasteiger partial charge in [-0.2, -0.15) is 0 Å². The van der Waals surface area contributed by atoms with Crippen molar-refractivity contribution in [3.05, 3.63) is 0 Å².